The van der Waals surface area contributed by atoms with Gasteiger partial charge in [-0.1, -0.05) is 26.0 Å². The lowest BCUT2D eigenvalue weighted by molar-refractivity contribution is 0.0971. The highest BCUT2D eigenvalue weighted by atomic mass is 16.5. The second-order valence-electron chi connectivity index (χ2n) is 3.65. The number of anilines is 1. The molecule has 0 atom stereocenters. The molecule has 0 unspecified atom stereocenters. The normalized spacial score (nSPS) is 10.7. The minimum atomic E-state index is 0.584. The van der Waals surface area contributed by atoms with Crippen LogP contribution in [0, 0.1) is 5.92 Å². The van der Waals surface area contributed by atoms with Gasteiger partial charge in [0, 0.05) is 12.3 Å². The number of hydrogen-bond acceptors (Lipinski definition) is 2. The molecule has 2 nitrogen and oxygen atoms in total. The van der Waals surface area contributed by atoms with Gasteiger partial charge in [0.05, 0.1) is 6.61 Å². The maximum absolute atomic E-state index is 5.63. The van der Waals surface area contributed by atoms with Crippen molar-refractivity contribution in [3.63, 3.8) is 0 Å². The molecule has 72 valence electrons. The molecular formula is C11H17NO. The monoisotopic (exact) mass is 179 g/mol. The molecule has 2 N–H and O–H groups in total. The summed E-state index contributed by atoms with van der Waals surface area (Å²) in [5, 5.41) is 0. The van der Waals surface area contributed by atoms with E-state index in [1.165, 1.54) is 0 Å². The van der Waals surface area contributed by atoms with Gasteiger partial charge in [-0.05, 0) is 23.6 Å². The van der Waals surface area contributed by atoms with E-state index in [1.54, 1.807) is 0 Å². The van der Waals surface area contributed by atoms with Gasteiger partial charge in [0.15, 0.2) is 0 Å². The van der Waals surface area contributed by atoms with Gasteiger partial charge >= 0.3 is 0 Å². The maximum atomic E-state index is 5.63. The summed E-state index contributed by atoms with van der Waals surface area (Å²) >= 11 is 0. The van der Waals surface area contributed by atoms with E-state index >= 15 is 0 Å². The van der Waals surface area contributed by atoms with Crippen LogP contribution in [0.5, 0.6) is 0 Å². The van der Waals surface area contributed by atoms with Gasteiger partial charge in [0.2, 0.25) is 0 Å². The van der Waals surface area contributed by atoms with E-state index in [-0.39, 0.29) is 0 Å². The van der Waals surface area contributed by atoms with E-state index < -0.39 is 0 Å². The van der Waals surface area contributed by atoms with Crippen molar-refractivity contribution in [3.05, 3.63) is 29.8 Å². The van der Waals surface area contributed by atoms with E-state index in [0.29, 0.717) is 12.5 Å². The molecule has 0 radical (unpaired) electrons. The van der Waals surface area contributed by atoms with Gasteiger partial charge in [0.25, 0.3) is 0 Å². The van der Waals surface area contributed by atoms with Crippen molar-refractivity contribution in [1.29, 1.82) is 0 Å². The van der Waals surface area contributed by atoms with Crippen LogP contribution in [0.1, 0.15) is 19.4 Å². The lowest BCUT2D eigenvalue weighted by Gasteiger charge is -2.06. The third kappa shape index (κ3) is 3.95. The lowest BCUT2D eigenvalue weighted by Crippen LogP contribution is -2.02. The summed E-state index contributed by atoms with van der Waals surface area (Å²) in [5.74, 6) is 0.584. The summed E-state index contributed by atoms with van der Waals surface area (Å²) in [4.78, 5) is 0. The third-order valence-corrected chi connectivity index (χ3v) is 1.67. The number of rotatable bonds is 4. The molecule has 0 heterocycles. The first-order valence-corrected chi connectivity index (χ1v) is 4.60. The molecule has 1 aromatic carbocycles. The number of nitrogens with two attached hydrogens (primary N) is 1. The van der Waals surface area contributed by atoms with Gasteiger partial charge in [0.1, 0.15) is 0 Å². The second kappa shape index (κ2) is 4.87. The van der Waals surface area contributed by atoms with E-state index in [1.807, 2.05) is 24.3 Å². The van der Waals surface area contributed by atoms with Crippen LogP contribution in [0.4, 0.5) is 5.69 Å². The molecule has 0 aromatic heterocycles. The Bertz CT molecular complexity index is 258. The summed E-state index contributed by atoms with van der Waals surface area (Å²) in [7, 11) is 0. The van der Waals surface area contributed by atoms with Crippen molar-refractivity contribution >= 4 is 5.69 Å². The highest BCUT2D eigenvalue weighted by Gasteiger charge is 1.96. The number of ether oxygens (including phenoxy) is 1. The van der Waals surface area contributed by atoms with Crippen LogP contribution in [-0.2, 0) is 11.3 Å². The average Bonchev–Trinajstić information content (AvgIpc) is 2.03. The van der Waals surface area contributed by atoms with E-state index in [9.17, 15) is 0 Å². The fraction of sp³-hybridized carbons (Fsp3) is 0.455. The van der Waals surface area contributed by atoms with E-state index in [0.717, 1.165) is 17.9 Å². The smallest absolute Gasteiger partial charge is 0.0717 e. The van der Waals surface area contributed by atoms with Gasteiger partial charge in [-0.15, -0.1) is 0 Å². The van der Waals surface area contributed by atoms with Gasteiger partial charge < -0.3 is 10.5 Å². The highest BCUT2D eigenvalue weighted by molar-refractivity contribution is 5.40. The Kier molecular flexibility index (Phi) is 3.77. The Hall–Kier alpha value is -1.02. The molecule has 1 aromatic rings. The molecule has 0 amide bonds. The highest BCUT2D eigenvalue weighted by Crippen LogP contribution is 2.08. The molecule has 0 aliphatic carbocycles. The average molecular weight is 179 g/mol. The Labute approximate surface area is 79.7 Å². The van der Waals surface area contributed by atoms with Crippen molar-refractivity contribution in [2.75, 3.05) is 12.3 Å². The fourth-order valence-electron chi connectivity index (χ4n) is 1.10. The first-order valence-electron chi connectivity index (χ1n) is 4.60. The fourth-order valence-corrected chi connectivity index (χ4v) is 1.10. The van der Waals surface area contributed by atoms with Crippen molar-refractivity contribution in [2.24, 2.45) is 5.92 Å². The Balaban J connectivity index is 2.37. The molecule has 0 spiro atoms. The minimum absolute atomic E-state index is 0.584. The SMILES string of the molecule is CC(C)COCc1cccc(N)c1. The Morgan fingerprint density at radius 1 is 1.38 bits per heavy atom. The molecule has 0 saturated heterocycles. The summed E-state index contributed by atoms with van der Waals surface area (Å²) in [6.07, 6.45) is 0. The van der Waals surface area contributed by atoms with Crippen molar-refractivity contribution in [2.45, 2.75) is 20.5 Å². The maximum Gasteiger partial charge on any atom is 0.0717 e. The first-order chi connectivity index (χ1) is 6.18. The molecule has 0 aliphatic heterocycles. The van der Waals surface area contributed by atoms with Crippen LogP contribution >= 0.6 is 0 Å². The predicted molar refractivity (Wildman–Crippen MR) is 55.3 cm³/mol. The summed E-state index contributed by atoms with van der Waals surface area (Å²) < 4.78 is 5.48. The van der Waals surface area contributed by atoms with Crippen molar-refractivity contribution < 1.29 is 4.74 Å². The van der Waals surface area contributed by atoms with Gasteiger partial charge in [-0.2, -0.15) is 0 Å². The zero-order valence-electron chi connectivity index (χ0n) is 8.29. The number of benzene rings is 1. The van der Waals surface area contributed by atoms with E-state index in [4.69, 9.17) is 10.5 Å². The van der Waals surface area contributed by atoms with E-state index in [2.05, 4.69) is 13.8 Å². The molecule has 0 fully saturated rings. The quantitative estimate of drug-likeness (QED) is 0.720. The standard InChI is InChI=1S/C11H17NO/c1-9(2)7-13-8-10-4-3-5-11(12)6-10/h3-6,9H,7-8,12H2,1-2H3. The second-order valence-corrected chi connectivity index (χ2v) is 3.65. The lowest BCUT2D eigenvalue weighted by atomic mass is 10.2. The molecule has 13 heavy (non-hydrogen) atoms. The van der Waals surface area contributed by atoms with Crippen molar-refractivity contribution in [3.8, 4) is 0 Å². The van der Waals surface area contributed by atoms with Crippen LogP contribution in [0.15, 0.2) is 24.3 Å². The zero-order valence-corrected chi connectivity index (χ0v) is 8.29. The van der Waals surface area contributed by atoms with Gasteiger partial charge in [-0.3, -0.25) is 0 Å². The molecule has 0 saturated carbocycles. The predicted octanol–water partition coefficient (Wildman–Crippen LogP) is 2.44. The van der Waals surface area contributed by atoms with Crippen LogP contribution < -0.4 is 5.73 Å². The van der Waals surface area contributed by atoms with Crippen LogP contribution in [0.2, 0.25) is 0 Å². The molecular weight excluding hydrogens is 162 g/mol. The molecule has 2 heteroatoms. The molecule has 0 bridgehead atoms. The zero-order chi connectivity index (χ0) is 9.68. The summed E-state index contributed by atoms with van der Waals surface area (Å²) in [6.45, 7) is 5.73. The summed E-state index contributed by atoms with van der Waals surface area (Å²) in [6, 6.07) is 7.80. The largest absolute Gasteiger partial charge is 0.399 e. The molecule has 0 aliphatic rings. The Morgan fingerprint density at radius 3 is 2.77 bits per heavy atom. The van der Waals surface area contributed by atoms with Crippen molar-refractivity contribution in [1.82, 2.24) is 0 Å². The Morgan fingerprint density at radius 2 is 2.15 bits per heavy atom. The van der Waals surface area contributed by atoms with Crippen LogP contribution in [0.25, 0.3) is 0 Å². The number of hydrogen-bond donors (Lipinski definition) is 1. The third-order valence-electron chi connectivity index (χ3n) is 1.67. The summed E-state index contributed by atoms with van der Waals surface area (Å²) in [5.41, 5.74) is 7.57. The minimum Gasteiger partial charge on any atom is -0.399 e. The van der Waals surface area contributed by atoms with Crippen LogP contribution in [0.3, 0.4) is 0 Å². The van der Waals surface area contributed by atoms with Crippen LogP contribution in [-0.4, -0.2) is 6.61 Å². The van der Waals surface area contributed by atoms with Gasteiger partial charge in [-0.25, -0.2) is 0 Å². The molecule has 1 rings (SSSR count). The number of nitrogen functional groups attached to an aromatic ring is 1. The first kappa shape index (κ1) is 10.1. The topological polar surface area (TPSA) is 35.2 Å².